The summed E-state index contributed by atoms with van der Waals surface area (Å²) in [7, 11) is 0. The van der Waals surface area contributed by atoms with Crippen LogP contribution in [0.2, 0.25) is 5.15 Å². The molecule has 0 aliphatic rings. The van der Waals surface area contributed by atoms with Crippen LogP contribution in [0.3, 0.4) is 0 Å². The Balaban J connectivity index is 2.55. The molecule has 5 heteroatoms. The largest absolute Gasteiger partial charge is 0.396 e. The van der Waals surface area contributed by atoms with Gasteiger partial charge in [0.15, 0.2) is 0 Å². The lowest BCUT2D eigenvalue weighted by Gasteiger charge is -1.87. The van der Waals surface area contributed by atoms with Gasteiger partial charge >= 0.3 is 0 Å². The van der Waals surface area contributed by atoms with Crippen molar-refractivity contribution in [3.8, 4) is 0 Å². The highest BCUT2D eigenvalue weighted by atomic mass is 35.5. The first-order valence-electron chi connectivity index (χ1n) is 3.81. The Kier molecular flexibility index (Phi) is 2.44. The minimum absolute atomic E-state index is 0.151. The second-order valence-corrected chi connectivity index (χ2v) is 4.04. The maximum atomic E-state index is 8.75. The van der Waals surface area contributed by atoms with Gasteiger partial charge in [-0.15, -0.1) is 11.3 Å². The normalized spacial score (nSPS) is 10.9. The molecule has 1 N–H and O–H groups in total. The molecule has 68 valence electrons. The Morgan fingerprint density at radius 2 is 2.31 bits per heavy atom. The maximum Gasteiger partial charge on any atom is 0.141 e. The maximum absolute atomic E-state index is 8.75. The number of rotatable bonds is 2. The van der Waals surface area contributed by atoms with Crippen molar-refractivity contribution in [2.75, 3.05) is 6.61 Å². The van der Waals surface area contributed by atoms with Gasteiger partial charge in [0.1, 0.15) is 16.3 Å². The molecule has 0 bridgehead atoms. The highest BCUT2D eigenvalue weighted by molar-refractivity contribution is 7.18. The summed E-state index contributed by atoms with van der Waals surface area (Å²) >= 11 is 7.40. The zero-order valence-electron chi connectivity index (χ0n) is 6.70. The van der Waals surface area contributed by atoms with Crippen LogP contribution in [0.4, 0.5) is 0 Å². The number of hydrogen-bond acceptors (Lipinski definition) is 4. The molecule has 0 aromatic carbocycles. The number of fused-ring (bicyclic) bond motifs is 1. The molecule has 2 heterocycles. The van der Waals surface area contributed by atoms with Gasteiger partial charge in [-0.2, -0.15) is 0 Å². The summed E-state index contributed by atoms with van der Waals surface area (Å²) in [6, 6.07) is 1.93. The average molecular weight is 215 g/mol. The van der Waals surface area contributed by atoms with Gasteiger partial charge in [-0.1, -0.05) is 11.6 Å². The van der Waals surface area contributed by atoms with E-state index < -0.39 is 0 Å². The van der Waals surface area contributed by atoms with E-state index in [9.17, 15) is 0 Å². The summed E-state index contributed by atoms with van der Waals surface area (Å²) in [6.45, 7) is 0.151. The first-order chi connectivity index (χ1) is 6.31. The predicted octanol–water partition coefficient (Wildman–Crippen LogP) is 1.88. The molecule has 0 unspecified atom stereocenters. The second-order valence-electron chi connectivity index (χ2n) is 2.57. The van der Waals surface area contributed by atoms with Crippen molar-refractivity contribution >= 4 is 33.2 Å². The van der Waals surface area contributed by atoms with Crippen molar-refractivity contribution in [3.63, 3.8) is 0 Å². The number of nitrogens with zero attached hydrogens (tertiary/aromatic N) is 2. The molecule has 0 saturated carbocycles. The Morgan fingerprint density at radius 1 is 1.46 bits per heavy atom. The SMILES string of the molecule is OCCc1cc2c(Cl)ncnc2s1. The fourth-order valence-electron chi connectivity index (χ4n) is 1.11. The van der Waals surface area contributed by atoms with E-state index in [-0.39, 0.29) is 6.61 Å². The van der Waals surface area contributed by atoms with Gasteiger partial charge in [0.2, 0.25) is 0 Å². The van der Waals surface area contributed by atoms with Gasteiger partial charge in [-0.25, -0.2) is 9.97 Å². The van der Waals surface area contributed by atoms with Crippen LogP contribution in [-0.2, 0) is 6.42 Å². The molecular formula is C8H7ClN2OS. The van der Waals surface area contributed by atoms with Crippen LogP contribution >= 0.6 is 22.9 Å². The molecule has 0 amide bonds. The van der Waals surface area contributed by atoms with Gasteiger partial charge in [-0.05, 0) is 6.07 Å². The smallest absolute Gasteiger partial charge is 0.141 e. The number of aliphatic hydroxyl groups is 1. The van der Waals surface area contributed by atoms with Crippen molar-refractivity contribution in [1.82, 2.24) is 9.97 Å². The topological polar surface area (TPSA) is 46.0 Å². The van der Waals surface area contributed by atoms with Gasteiger partial charge in [0.05, 0.1) is 0 Å². The third-order valence-electron chi connectivity index (χ3n) is 1.69. The Labute approximate surface area is 84.0 Å². The predicted molar refractivity (Wildman–Crippen MR) is 53.2 cm³/mol. The van der Waals surface area contributed by atoms with Gasteiger partial charge < -0.3 is 5.11 Å². The van der Waals surface area contributed by atoms with E-state index >= 15 is 0 Å². The molecule has 0 saturated heterocycles. The quantitative estimate of drug-likeness (QED) is 0.777. The van der Waals surface area contributed by atoms with Crippen molar-refractivity contribution in [2.45, 2.75) is 6.42 Å². The monoisotopic (exact) mass is 214 g/mol. The third kappa shape index (κ3) is 1.65. The van der Waals surface area contributed by atoms with Gasteiger partial charge in [0, 0.05) is 23.3 Å². The highest BCUT2D eigenvalue weighted by Crippen LogP contribution is 2.27. The van der Waals surface area contributed by atoms with E-state index in [1.165, 1.54) is 6.33 Å². The third-order valence-corrected chi connectivity index (χ3v) is 3.09. The first-order valence-corrected chi connectivity index (χ1v) is 5.00. The standard InChI is InChI=1S/C8H7ClN2OS/c9-7-6-3-5(1-2-12)13-8(6)11-4-10-7/h3-4,12H,1-2H2. The van der Waals surface area contributed by atoms with Crippen LogP contribution in [0.5, 0.6) is 0 Å². The highest BCUT2D eigenvalue weighted by Gasteiger charge is 2.05. The van der Waals surface area contributed by atoms with Crippen molar-refractivity contribution in [2.24, 2.45) is 0 Å². The number of aromatic nitrogens is 2. The van der Waals surface area contributed by atoms with Crippen molar-refractivity contribution < 1.29 is 5.11 Å². The van der Waals surface area contributed by atoms with Crippen LogP contribution < -0.4 is 0 Å². The van der Waals surface area contributed by atoms with Crippen LogP contribution in [0.25, 0.3) is 10.2 Å². The Hall–Kier alpha value is -0.710. The minimum atomic E-state index is 0.151. The molecule has 2 aromatic rings. The summed E-state index contributed by atoms with van der Waals surface area (Å²) in [4.78, 5) is 9.93. The lowest BCUT2D eigenvalue weighted by atomic mass is 10.3. The summed E-state index contributed by atoms with van der Waals surface area (Å²) in [5.41, 5.74) is 0. The number of thiophene rings is 1. The zero-order chi connectivity index (χ0) is 9.26. The zero-order valence-corrected chi connectivity index (χ0v) is 8.27. The van der Waals surface area contributed by atoms with Gasteiger partial charge in [0.25, 0.3) is 0 Å². The molecule has 0 fully saturated rings. The summed E-state index contributed by atoms with van der Waals surface area (Å²) < 4.78 is 0. The summed E-state index contributed by atoms with van der Waals surface area (Å²) in [5.74, 6) is 0. The minimum Gasteiger partial charge on any atom is -0.396 e. The summed E-state index contributed by atoms with van der Waals surface area (Å²) in [6.07, 6.45) is 2.10. The van der Waals surface area contributed by atoms with Gasteiger partial charge in [-0.3, -0.25) is 0 Å². The van der Waals surface area contributed by atoms with E-state index in [0.717, 1.165) is 15.1 Å². The molecule has 2 aromatic heterocycles. The molecule has 0 aliphatic carbocycles. The van der Waals surface area contributed by atoms with E-state index in [2.05, 4.69) is 9.97 Å². The average Bonchev–Trinajstić information content (AvgIpc) is 2.49. The number of aliphatic hydroxyl groups excluding tert-OH is 1. The molecule has 3 nitrogen and oxygen atoms in total. The molecule has 0 aliphatic heterocycles. The van der Waals surface area contributed by atoms with E-state index in [4.69, 9.17) is 16.7 Å². The lowest BCUT2D eigenvalue weighted by molar-refractivity contribution is 0.300. The van der Waals surface area contributed by atoms with Crippen LogP contribution in [-0.4, -0.2) is 21.7 Å². The molecule has 0 spiro atoms. The van der Waals surface area contributed by atoms with E-state index in [1.807, 2.05) is 6.07 Å². The first kappa shape index (κ1) is 8.87. The fourth-order valence-corrected chi connectivity index (χ4v) is 2.34. The molecular weight excluding hydrogens is 208 g/mol. The molecule has 2 rings (SSSR count). The van der Waals surface area contributed by atoms with Crippen LogP contribution in [0.15, 0.2) is 12.4 Å². The van der Waals surface area contributed by atoms with Crippen molar-refractivity contribution in [1.29, 1.82) is 0 Å². The second kappa shape index (κ2) is 3.57. The molecule has 0 radical (unpaired) electrons. The lowest BCUT2D eigenvalue weighted by Crippen LogP contribution is -1.84. The number of halogens is 1. The fraction of sp³-hybridized carbons (Fsp3) is 0.250. The summed E-state index contributed by atoms with van der Waals surface area (Å²) in [5, 5.41) is 10.1. The van der Waals surface area contributed by atoms with Crippen LogP contribution in [0.1, 0.15) is 4.88 Å². The Morgan fingerprint density at radius 3 is 3.00 bits per heavy atom. The Bertz CT molecular complexity index is 429. The molecule has 0 atom stereocenters. The van der Waals surface area contributed by atoms with Crippen molar-refractivity contribution in [3.05, 3.63) is 22.4 Å². The van der Waals surface area contributed by atoms with E-state index in [1.54, 1.807) is 11.3 Å². The molecule has 13 heavy (non-hydrogen) atoms. The van der Waals surface area contributed by atoms with E-state index in [0.29, 0.717) is 11.6 Å². The van der Waals surface area contributed by atoms with Crippen LogP contribution in [0, 0.1) is 0 Å². The number of hydrogen-bond donors (Lipinski definition) is 1.